The molecular weight excluding hydrogens is 987 g/mol. The van der Waals surface area contributed by atoms with E-state index in [0.29, 0.717) is 5.57 Å². The smallest absolute Gasteiger partial charge is 0.274 e. The minimum atomic E-state index is -5.36. The maximum absolute atomic E-state index is 10.9. The Morgan fingerprint density at radius 1 is 0.660 bits per heavy atom. The second-order valence-corrected chi connectivity index (χ2v) is 24.8. The largest absolute Gasteiger partial charge is 0.756 e. The molecule has 0 bridgehead atoms. The van der Waals surface area contributed by atoms with Gasteiger partial charge in [0, 0.05) is 0 Å². The fourth-order valence-electron chi connectivity index (χ4n) is 2.04. The highest BCUT2D eigenvalue weighted by molar-refractivity contribution is 14.2. The predicted octanol–water partition coefficient (Wildman–Crippen LogP) is 4.69. The molecule has 320 valence electrons. The number of halogens is 1. The van der Waals surface area contributed by atoms with Crippen LogP contribution in [0.15, 0.2) is 47.1 Å². The van der Waals surface area contributed by atoms with Crippen molar-refractivity contribution in [2.24, 2.45) is 0 Å². The molecule has 0 aliphatic heterocycles. The first kappa shape index (κ1) is 63.5. The van der Waals surface area contributed by atoms with Crippen LogP contribution in [0.2, 0.25) is 0 Å². The van der Waals surface area contributed by atoms with Crippen molar-refractivity contribution in [3.63, 3.8) is 0 Å². The molecule has 53 heavy (non-hydrogen) atoms. The Bertz CT molecular complexity index is 1390. The third-order valence-electron chi connectivity index (χ3n) is 3.87. The number of hydrogen-bond donors (Lipinski definition) is 3. The lowest BCUT2D eigenvalue weighted by molar-refractivity contribution is -0.243. The van der Waals surface area contributed by atoms with Crippen LogP contribution in [0.1, 0.15) is 81.1 Å². The van der Waals surface area contributed by atoms with E-state index in [9.17, 15) is 56.8 Å². The van der Waals surface area contributed by atoms with Gasteiger partial charge < -0.3 is 57.6 Å². The molecule has 0 aromatic carbocycles. The number of phosphoric ester groups is 3. The summed E-state index contributed by atoms with van der Waals surface area (Å²) in [5, 5.41) is 0. The fourth-order valence-corrected chi connectivity index (χ4v) is 6.47. The number of phosphoric acid groups is 6. The van der Waals surface area contributed by atoms with Gasteiger partial charge in [0.1, 0.15) is 0 Å². The molecular formula is C23H49IO21P8-6. The molecule has 0 aromatic rings. The van der Waals surface area contributed by atoms with Gasteiger partial charge >= 0.3 is 0 Å². The zero-order valence-corrected chi connectivity index (χ0v) is 39.9. The Labute approximate surface area is 328 Å². The van der Waals surface area contributed by atoms with E-state index < -0.39 is 46.9 Å². The van der Waals surface area contributed by atoms with Gasteiger partial charge in [-0.15, -0.1) is 15.5 Å². The van der Waals surface area contributed by atoms with E-state index in [1.165, 1.54) is 24.1 Å². The maximum atomic E-state index is 10.9. The molecule has 0 fully saturated rings. The highest BCUT2D eigenvalue weighted by atomic mass is 127. The van der Waals surface area contributed by atoms with Crippen molar-refractivity contribution >= 4 is 83.8 Å². The molecule has 8 unspecified atom stereocenters. The molecule has 0 aromatic heterocycles. The zero-order valence-electron chi connectivity index (χ0n) is 30.2. The van der Waals surface area contributed by atoms with Crippen LogP contribution in [-0.2, 0) is 53.9 Å². The Morgan fingerprint density at radius 2 is 0.962 bits per heavy atom. The molecule has 0 spiro atoms. The summed E-state index contributed by atoms with van der Waals surface area (Å²) in [5.74, 6) is 0.970. The first-order valence-electron chi connectivity index (χ1n) is 14.3. The second-order valence-electron chi connectivity index (χ2n) is 10.1. The summed E-state index contributed by atoms with van der Waals surface area (Å²) in [6, 6.07) is 0. The molecule has 21 nitrogen and oxygen atoms in total. The van der Waals surface area contributed by atoms with Gasteiger partial charge in [0.05, 0.1) is 19.8 Å². The van der Waals surface area contributed by atoms with E-state index in [-0.39, 0.29) is 26.2 Å². The highest BCUT2D eigenvalue weighted by Gasteiger charge is 2.17. The number of hydrogen-bond acceptors (Lipinski definition) is 18. The van der Waals surface area contributed by atoms with E-state index in [0.717, 1.165) is 29.9 Å². The van der Waals surface area contributed by atoms with Crippen LogP contribution in [0, 0.1) is 0 Å². The molecule has 8 atom stereocenters. The van der Waals surface area contributed by atoms with Crippen LogP contribution < -0.4 is 29.4 Å². The molecule has 3 N–H and O–H groups in total. The van der Waals surface area contributed by atoms with Crippen molar-refractivity contribution in [2.45, 2.75) is 81.1 Å². The summed E-state index contributed by atoms with van der Waals surface area (Å²) in [6.45, 7) is 17.5. The lowest BCUT2D eigenvalue weighted by atomic mass is 10.1. The summed E-state index contributed by atoms with van der Waals surface area (Å²) in [6.07, 6.45) is 7.99. The van der Waals surface area contributed by atoms with Crippen molar-refractivity contribution < 1.29 is 97.9 Å². The van der Waals surface area contributed by atoms with Crippen molar-refractivity contribution in [1.82, 2.24) is 0 Å². The Hall–Kier alpha value is 1.33. The van der Waals surface area contributed by atoms with Crippen molar-refractivity contribution in [3.05, 3.63) is 47.1 Å². The molecule has 0 radical (unpaired) electrons. The minimum Gasteiger partial charge on any atom is -0.756 e. The van der Waals surface area contributed by atoms with E-state index >= 15 is 0 Å². The maximum Gasteiger partial charge on any atom is 0.274 e. The van der Waals surface area contributed by atoms with Gasteiger partial charge in [-0.3, -0.25) is 27.4 Å². The van der Waals surface area contributed by atoms with Crippen molar-refractivity contribution in [3.8, 4) is 0 Å². The summed E-state index contributed by atoms with van der Waals surface area (Å²) in [4.78, 5) is 86.9. The number of rotatable bonds is 19. The fraction of sp³-hybridized carbons (Fsp3) is 0.652. The number of allylic oxidation sites excluding steroid dienone is 4. The summed E-state index contributed by atoms with van der Waals surface area (Å²) in [5.41, 5.74) is 3.54. The average Bonchev–Trinajstić information content (AvgIpc) is 2.85. The van der Waals surface area contributed by atoms with Crippen LogP contribution in [0.5, 0.6) is 0 Å². The van der Waals surface area contributed by atoms with Gasteiger partial charge in [0.25, 0.3) is 46.9 Å². The van der Waals surface area contributed by atoms with E-state index in [2.05, 4.69) is 77.9 Å². The Balaban J connectivity index is -0.000000204. The highest BCUT2D eigenvalue weighted by Crippen LogP contribution is 2.54. The Morgan fingerprint density at radius 3 is 1.25 bits per heavy atom. The van der Waals surface area contributed by atoms with Gasteiger partial charge in [-0.1, -0.05) is 82.8 Å². The molecule has 0 saturated heterocycles. The van der Waals surface area contributed by atoms with Crippen molar-refractivity contribution in [1.29, 1.82) is 0 Å². The van der Waals surface area contributed by atoms with Gasteiger partial charge in [0.15, 0.2) is 0 Å². The standard InChI is InChI=1S/C10H20O7P2.2C5H12O7P2.C3H8.H3IP2/c1-9(2)5-4-6-10(3)7-8-16-19(14,15)17-18(11,12)13;2*1-5(2)3-4-11-14(9,10)12-13(6,7)8;2*1-3-2/h5,7H,4,6,8H2,1-3H3,(H,14,15)(H2,11,12,13);3H,4H2,1-2H3,(H,9,10)(H2,6,7,8);1,3-4H2,2H3,(H,9,10)(H2,6,7,8);3H2,1-2H3;3H,2H2/p-6/b10-7+;;;;. The topological polar surface area (TPSA) is 357 Å². The van der Waals surface area contributed by atoms with Crippen LogP contribution >= 0.6 is 83.8 Å². The van der Waals surface area contributed by atoms with E-state index in [1.54, 1.807) is 27.7 Å². The average molecular weight is 1040 g/mol. The first-order chi connectivity index (χ1) is 23.6. The molecule has 0 aliphatic carbocycles. The normalized spacial score (nSPS) is 17.9. The lowest BCUT2D eigenvalue weighted by Gasteiger charge is -2.27. The second kappa shape index (κ2) is 33.2. The molecule has 0 rings (SSSR count). The van der Waals surface area contributed by atoms with Crippen LogP contribution in [-0.4, -0.2) is 34.5 Å². The predicted molar refractivity (Wildman–Crippen MR) is 203 cm³/mol. The third-order valence-corrected chi connectivity index (χ3v) is 10.2. The van der Waals surface area contributed by atoms with Gasteiger partial charge in [-0.2, -0.15) is 0 Å². The first-order valence-corrected chi connectivity index (χ1v) is 29.1. The molecule has 30 heteroatoms. The van der Waals surface area contributed by atoms with Gasteiger partial charge in [0.2, 0.25) is 0 Å². The monoisotopic (exact) mass is 1040 g/mol. The lowest BCUT2D eigenvalue weighted by Crippen LogP contribution is -2.12. The molecule has 0 heterocycles. The quantitative estimate of drug-likeness (QED) is 0.0897. The van der Waals surface area contributed by atoms with Crippen LogP contribution in [0.4, 0.5) is 0 Å². The van der Waals surface area contributed by atoms with Gasteiger partial charge in [-0.25, -0.2) is 12.9 Å². The minimum absolute atomic E-state index is 0.240. The summed E-state index contributed by atoms with van der Waals surface area (Å²) >= 11 is 2.28. The molecule has 0 aliphatic rings. The van der Waals surface area contributed by atoms with Gasteiger partial charge in [-0.05, 0) is 66.7 Å². The van der Waals surface area contributed by atoms with Crippen molar-refractivity contribution in [2.75, 3.05) is 19.8 Å². The summed E-state index contributed by atoms with van der Waals surface area (Å²) < 4.78 is 85.0. The SMILES string of the molecule is C=C(C)CCOP(=O)([O-])OP(=O)([O-])O.CC(C)=CCC/C(C)=C/COP(=O)([O-])OP(=O)([O-])O.CC(C)=CCOP(=O)([O-])OP(=O)([O-])O.CCC.PPI. The van der Waals surface area contributed by atoms with Crippen LogP contribution in [0.25, 0.3) is 0 Å². The molecule has 0 saturated carbocycles. The molecule has 0 amide bonds. The third kappa shape index (κ3) is 65.5. The zero-order chi connectivity index (χ0) is 43.3. The van der Waals surface area contributed by atoms with Crippen LogP contribution in [0.3, 0.4) is 0 Å². The van der Waals surface area contributed by atoms with E-state index in [4.69, 9.17) is 14.7 Å². The summed E-state index contributed by atoms with van der Waals surface area (Å²) in [7, 11) is -28.4. The van der Waals surface area contributed by atoms with E-state index in [1.807, 2.05) is 19.9 Å². The Kier molecular flexibility index (Phi) is 39.8.